The van der Waals surface area contributed by atoms with E-state index in [-0.39, 0.29) is 5.56 Å². The first-order valence-electron chi connectivity index (χ1n) is 7.08. The second-order valence-electron chi connectivity index (χ2n) is 4.99. The lowest BCUT2D eigenvalue weighted by Gasteiger charge is -2.14. The van der Waals surface area contributed by atoms with Gasteiger partial charge in [-0.05, 0) is 43.3 Å². The van der Waals surface area contributed by atoms with Crippen molar-refractivity contribution >= 4 is 44.3 Å². The smallest absolute Gasteiger partial charge is 0.340 e. The summed E-state index contributed by atoms with van der Waals surface area (Å²) in [4.78, 5) is 24.7. The summed E-state index contributed by atoms with van der Waals surface area (Å²) >= 11 is 3.31. The van der Waals surface area contributed by atoms with Crippen molar-refractivity contribution in [2.24, 2.45) is 0 Å². The van der Waals surface area contributed by atoms with E-state index >= 15 is 0 Å². The molecule has 0 aliphatic carbocycles. The molecule has 0 fully saturated rings. The van der Waals surface area contributed by atoms with Gasteiger partial charge in [0.1, 0.15) is 0 Å². The van der Waals surface area contributed by atoms with Gasteiger partial charge in [0.15, 0.2) is 6.10 Å². The van der Waals surface area contributed by atoms with Gasteiger partial charge in [0.25, 0.3) is 5.91 Å². The molecule has 0 saturated heterocycles. The lowest BCUT2D eigenvalue weighted by atomic mass is 10.2. The van der Waals surface area contributed by atoms with Crippen molar-refractivity contribution in [1.82, 2.24) is 0 Å². The number of rotatable bonds is 5. The molecule has 0 heterocycles. The second-order valence-corrected chi connectivity index (χ2v) is 7.26. The minimum absolute atomic E-state index is 0.196. The zero-order valence-electron chi connectivity index (χ0n) is 13.1. The van der Waals surface area contributed by atoms with E-state index in [1.165, 1.54) is 19.2 Å². The van der Waals surface area contributed by atoms with Crippen LogP contribution in [0, 0.1) is 0 Å². The Balaban J connectivity index is 2.04. The Morgan fingerprint density at radius 1 is 1.12 bits per heavy atom. The summed E-state index contributed by atoms with van der Waals surface area (Å²) in [5, 5.41) is 2.67. The van der Waals surface area contributed by atoms with Crippen molar-refractivity contribution in [3.63, 3.8) is 0 Å². The van der Waals surface area contributed by atoms with Gasteiger partial charge < -0.3 is 10.1 Å². The number of hydrogen-bond acceptors (Lipinski definition) is 4. The second kappa shape index (κ2) is 8.21. The molecule has 0 aliphatic heterocycles. The van der Waals surface area contributed by atoms with E-state index in [2.05, 4.69) is 21.2 Å². The maximum Gasteiger partial charge on any atom is 0.340 e. The van der Waals surface area contributed by atoms with Gasteiger partial charge in [-0.3, -0.25) is 9.00 Å². The Kier molecular flexibility index (Phi) is 6.28. The molecule has 0 aliphatic rings. The van der Waals surface area contributed by atoms with Gasteiger partial charge in [-0.25, -0.2) is 4.79 Å². The maximum absolute atomic E-state index is 12.2. The van der Waals surface area contributed by atoms with Gasteiger partial charge in [0, 0.05) is 16.4 Å². The van der Waals surface area contributed by atoms with Gasteiger partial charge >= 0.3 is 5.97 Å². The monoisotopic (exact) mass is 409 g/mol. The number of carbonyl (C=O) groups is 2. The van der Waals surface area contributed by atoms with Crippen LogP contribution in [0.1, 0.15) is 17.3 Å². The lowest BCUT2D eigenvalue weighted by Crippen LogP contribution is -2.30. The fourth-order valence-corrected chi connectivity index (χ4v) is 2.94. The summed E-state index contributed by atoms with van der Waals surface area (Å²) in [6, 6.07) is 13.5. The third kappa shape index (κ3) is 4.75. The predicted molar refractivity (Wildman–Crippen MR) is 96.4 cm³/mol. The summed E-state index contributed by atoms with van der Waals surface area (Å²) < 4.78 is 17.8. The Morgan fingerprint density at radius 3 is 2.38 bits per heavy atom. The van der Waals surface area contributed by atoms with E-state index in [0.29, 0.717) is 10.6 Å². The molecule has 5 nitrogen and oxygen atoms in total. The van der Waals surface area contributed by atoms with Crippen molar-refractivity contribution in [3.05, 3.63) is 58.6 Å². The van der Waals surface area contributed by atoms with Crippen LogP contribution in [0.25, 0.3) is 0 Å². The zero-order chi connectivity index (χ0) is 17.7. The van der Waals surface area contributed by atoms with Crippen molar-refractivity contribution in [2.75, 3.05) is 11.6 Å². The molecule has 2 aromatic rings. The first-order chi connectivity index (χ1) is 11.4. The maximum atomic E-state index is 12.2. The van der Waals surface area contributed by atoms with Crippen LogP contribution in [0.15, 0.2) is 57.9 Å². The Morgan fingerprint density at radius 2 is 1.75 bits per heavy atom. The van der Waals surface area contributed by atoms with E-state index in [1.54, 1.807) is 42.5 Å². The van der Waals surface area contributed by atoms with Crippen molar-refractivity contribution in [2.45, 2.75) is 17.9 Å². The van der Waals surface area contributed by atoms with E-state index in [0.717, 1.165) is 4.47 Å². The summed E-state index contributed by atoms with van der Waals surface area (Å²) in [5.41, 5.74) is 0.794. The van der Waals surface area contributed by atoms with Gasteiger partial charge in [-0.2, -0.15) is 0 Å². The number of ether oxygens (including phenoxy) is 1. The zero-order valence-corrected chi connectivity index (χ0v) is 15.5. The number of halogens is 1. The molecule has 0 spiro atoms. The van der Waals surface area contributed by atoms with Crippen LogP contribution in [0.4, 0.5) is 5.69 Å². The molecule has 24 heavy (non-hydrogen) atoms. The highest BCUT2D eigenvalue weighted by Gasteiger charge is 2.21. The largest absolute Gasteiger partial charge is 0.449 e. The summed E-state index contributed by atoms with van der Waals surface area (Å²) in [6.45, 7) is 1.48. The number of benzene rings is 2. The molecule has 0 saturated carbocycles. The first kappa shape index (κ1) is 18.4. The average molecular weight is 410 g/mol. The van der Waals surface area contributed by atoms with Crippen molar-refractivity contribution in [1.29, 1.82) is 0 Å². The highest BCUT2D eigenvalue weighted by atomic mass is 79.9. The van der Waals surface area contributed by atoms with Gasteiger partial charge in [-0.1, -0.05) is 28.1 Å². The van der Waals surface area contributed by atoms with Crippen LogP contribution in [-0.2, 0) is 20.3 Å². The van der Waals surface area contributed by atoms with Crippen LogP contribution in [0.2, 0.25) is 0 Å². The normalized spacial score (nSPS) is 13.0. The molecular formula is C17H16BrNO4S. The predicted octanol–water partition coefficient (Wildman–Crippen LogP) is 3.37. The SMILES string of the molecule is C[C@H](OC(=O)c1ccccc1[S@@](C)=O)C(=O)Nc1ccc(Br)cc1. The molecule has 0 aromatic heterocycles. The fourth-order valence-electron chi connectivity index (χ4n) is 1.94. The fraction of sp³-hybridized carbons (Fsp3) is 0.176. The van der Waals surface area contributed by atoms with Crippen molar-refractivity contribution in [3.8, 4) is 0 Å². The first-order valence-corrected chi connectivity index (χ1v) is 9.43. The highest BCUT2D eigenvalue weighted by Crippen LogP contribution is 2.16. The minimum atomic E-state index is -1.33. The molecule has 1 amide bonds. The van der Waals surface area contributed by atoms with E-state index < -0.39 is 28.8 Å². The topological polar surface area (TPSA) is 72.5 Å². The van der Waals surface area contributed by atoms with E-state index in [1.807, 2.05) is 0 Å². The number of hydrogen-bond donors (Lipinski definition) is 1. The lowest BCUT2D eigenvalue weighted by molar-refractivity contribution is -0.123. The quantitative estimate of drug-likeness (QED) is 0.768. The number of amides is 1. The van der Waals surface area contributed by atoms with Gasteiger partial charge in [0.05, 0.1) is 21.3 Å². The Bertz CT molecular complexity index is 776. The van der Waals surface area contributed by atoms with Crippen LogP contribution in [0.3, 0.4) is 0 Å². The molecule has 0 radical (unpaired) electrons. The summed E-state index contributed by atoms with van der Waals surface area (Å²) in [7, 11) is -1.33. The standard InChI is InChI=1S/C17H16BrNO4S/c1-11(16(20)19-13-9-7-12(18)8-10-13)23-17(21)14-5-3-4-6-15(14)24(2)22/h3-11H,1-2H3,(H,19,20)/t11-,24+/m0/s1. The third-order valence-electron chi connectivity index (χ3n) is 3.18. The van der Waals surface area contributed by atoms with Crippen LogP contribution >= 0.6 is 15.9 Å². The number of nitrogens with one attached hydrogen (secondary N) is 1. The van der Waals surface area contributed by atoms with E-state index in [9.17, 15) is 13.8 Å². The number of anilines is 1. The summed E-state index contributed by atoms with van der Waals surface area (Å²) in [6.07, 6.45) is 0.495. The molecule has 2 aromatic carbocycles. The Labute approximate surface area is 151 Å². The number of esters is 1. The molecule has 2 atom stereocenters. The average Bonchev–Trinajstić information content (AvgIpc) is 2.56. The molecular weight excluding hydrogens is 394 g/mol. The third-order valence-corrected chi connectivity index (χ3v) is 4.69. The van der Waals surface area contributed by atoms with Crippen LogP contribution < -0.4 is 5.32 Å². The summed E-state index contributed by atoms with van der Waals surface area (Å²) in [5.74, 6) is -1.12. The number of carbonyl (C=O) groups excluding carboxylic acids is 2. The molecule has 1 N–H and O–H groups in total. The Hall–Kier alpha value is -1.99. The highest BCUT2D eigenvalue weighted by molar-refractivity contribution is 9.10. The van der Waals surface area contributed by atoms with Crippen LogP contribution in [-0.4, -0.2) is 28.4 Å². The molecule has 7 heteroatoms. The molecule has 2 rings (SSSR count). The van der Waals surface area contributed by atoms with E-state index in [4.69, 9.17) is 4.74 Å². The van der Waals surface area contributed by atoms with Crippen LogP contribution in [0.5, 0.6) is 0 Å². The molecule has 126 valence electrons. The minimum Gasteiger partial charge on any atom is -0.449 e. The van der Waals surface area contributed by atoms with Crippen molar-refractivity contribution < 1.29 is 18.5 Å². The molecule has 0 unspecified atom stereocenters. The van der Waals surface area contributed by atoms with Gasteiger partial charge in [0.2, 0.25) is 0 Å². The molecule has 0 bridgehead atoms. The van der Waals surface area contributed by atoms with Gasteiger partial charge in [-0.15, -0.1) is 0 Å².